The number of rotatable bonds is 6. The van der Waals surface area contributed by atoms with Crippen molar-refractivity contribution in [3.8, 4) is 5.88 Å². The highest BCUT2D eigenvalue weighted by Gasteiger charge is 2.67. The summed E-state index contributed by atoms with van der Waals surface area (Å²) in [5.74, 6) is -9.33. The average Bonchev–Trinajstić information content (AvgIpc) is 4.05. The van der Waals surface area contributed by atoms with Crippen molar-refractivity contribution in [3.63, 3.8) is 0 Å². The van der Waals surface area contributed by atoms with Crippen LogP contribution in [0.5, 0.6) is 5.88 Å². The molecule has 318 valence electrons. The molecule has 3 heterocycles. The van der Waals surface area contributed by atoms with E-state index in [1.165, 1.54) is 19.1 Å². The van der Waals surface area contributed by atoms with Crippen LogP contribution in [0, 0.1) is 11.3 Å². The van der Waals surface area contributed by atoms with E-state index in [0.29, 0.717) is 25.3 Å². The molecule has 1 unspecified atom stereocenters. The van der Waals surface area contributed by atoms with E-state index in [2.05, 4.69) is 20.6 Å². The lowest BCUT2D eigenvalue weighted by atomic mass is 9.85. The van der Waals surface area contributed by atoms with E-state index in [1.807, 2.05) is 4.72 Å². The zero-order valence-electron chi connectivity index (χ0n) is 32.4. The predicted octanol–water partition coefficient (Wildman–Crippen LogP) is 3.01. The molecule has 3 aliphatic carbocycles. The highest BCUT2D eigenvalue weighted by molar-refractivity contribution is 7.91. The summed E-state index contributed by atoms with van der Waals surface area (Å²) in [7, 11) is -4.21. The second-order valence-corrected chi connectivity index (χ2v) is 19.2. The fourth-order valence-corrected chi connectivity index (χ4v) is 9.40. The van der Waals surface area contributed by atoms with Crippen molar-refractivity contribution in [2.45, 2.75) is 132 Å². The van der Waals surface area contributed by atoms with Gasteiger partial charge in [0, 0.05) is 6.42 Å². The number of benzene rings is 1. The molecule has 20 heteroatoms. The van der Waals surface area contributed by atoms with E-state index in [-0.39, 0.29) is 30.5 Å². The van der Waals surface area contributed by atoms with Gasteiger partial charge in [-0.15, -0.1) is 0 Å². The number of nitrogens with zero attached hydrogens (tertiary/aromatic N) is 3. The highest BCUT2D eigenvalue weighted by Crippen LogP contribution is 2.49. The summed E-state index contributed by atoms with van der Waals surface area (Å²) in [6, 6.07) is 3.39. The predicted molar refractivity (Wildman–Crippen MR) is 198 cm³/mol. The van der Waals surface area contributed by atoms with Crippen molar-refractivity contribution < 1.29 is 59.7 Å². The van der Waals surface area contributed by atoms with E-state index < -0.39 is 129 Å². The van der Waals surface area contributed by atoms with Gasteiger partial charge in [0.2, 0.25) is 40.6 Å². The van der Waals surface area contributed by atoms with Gasteiger partial charge in [0.15, 0.2) is 5.69 Å². The Hall–Kier alpha value is -3.98. The van der Waals surface area contributed by atoms with Gasteiger partial charge in [-0.25, -0.2) is 27.2 Å². The second-order valence-electron chi connectivity index (χ2n) is 17.2. The van der Waals surface area contributed by atoms with Crippen LogP contribution in [0.15, 0.2) is 36.4 Å². The minimum Gasteiger partial charge on any atom is -0.468 e. The molecule has 1 saturated heterocycles. The van der Waals surface area contributed by atoms with E-state index in [9.17, 15) is 36.7 Å². The average molecular weight is 841 g/mol. The van der Waals surface area contributed by atoms with Crippen LogP contribution < -0.4 is 20.1 Å². The molecule has 2 aliphatic heterocycles. The maximum absolute atomic E-state index is 16.2. The molecule has 2 bridgehead atoms. The van der Waals surface area contributed by atoms with E-state index >= 15 is 8.78 Å². The smallest absolute Gasteiger partial charge is 0.313 e. The molecule has 3 amide bonds. The first-order valence-electron chi connectivity index (χ1n) is 19.3. The molecule has 1 aromatic heterocycles. The molecule has 4 N–H and O–H groups in total. The van der Waals surface area contributed by atoms with Crippen LogP contribution in [0.3, 0.4) is 0 Å². The Bertz CT molecular complexity index is 2090. The Morgan fingerprint density at radius 3 is 2.36 bits per heavy atom. The molecular formula is C38H48F4N6O9S. The van der Waals surface area contributed by atoms with Crippen LogP contribution in [0.2, 0.25) is 0 Å². The lowest BCUT2D eigenvalue weighted by molar-refractivity contribution is -0.188. The van der Waals surface area contributed by atoms with Gasteiger partial charge >= 0.3 is 5.92 Å². The van der Waals surface area contributed by atoms with Crippen LogP contribution in [-0.2, 0) is 39.8 Å². The first-order valence-corrected chi connectivity index (χ1v) is 20.9. The molecule has 8 atom stereocenters. The van der Waals surface area contributed by atoms with E-state index in [4.69, 9.17) is 14.2 Å². The number of carbonyl (C=O) groups excluding carboxylic acids is 3. The number of amides is 3. The van der Waals surface area contributed by atoms with Crippen molar-refractivity contribution in [2.75, 3.05) is 13.2 Å². The standard InChI is InChI=1S/C38H48F4N6O9S/c1-35(2,3)28-32(50)48-19-36(4,18-24(48)30(49)46-37(17-21(37)29(39)40)33(51)47-58(53,54)20-13-14-20)57-31-27(43-22-9-5-6-10-23(22)44-31)38(41,42)15-8-16-55-25-11-7-12-26(25)56-34(52)45-28/h5-6,8-10,15,20-21,24-26,28-29,34,45,52H,7,11-14,16-19H2,1-4H3,(H,46,49)(H,47,51)/b15-8+/t21-,24-,25+,26+,28+,34?,36+,37+/m0/s1. The first kappa shape index (κ1) is 42.2. The second kappa shape index (κ2) is 15.2. The maximum Gasteiger partial charge on any atom is 0.313 e. The fourth-order valence-electron chi connectivity index (χ4n) is 8.04. The van der Waals surface area contributed by atoms with Gasteiger partial charge in [0.1, 0.15) is 17.2 Å². The summed E-state index contributed by atoms with van der Waals surface area (Å²) in [5, 5.41) is 15.4. The summed E-state index contributed by atoms with van der Waals surface area (Å²) in [6.07, 6.45) is -3.19. The number of halogens is 4. The maximum atomic E-state index is 16.2. The van der Waals surface area contributed by atoms with Crippen molar-refractivity contribution in [1.29, 1.82) is 0 Å². The number of alkyl halides is 4. The van der Waals surface area contributed by atoms with Crippen molar-refractivity contribution in [3.05, 3.63) is 42.1 Å². The Labute approximate surface area is 332 Å². The van der Waals surface area contributed by atoms with Crippen molar-refractivity contribution >= 4 is 38.8 Å². The van der Waals surface area contributed by atoms with Gasteiger partial charge in [-0.1, -0.05) is 39.0 Å². The molecule has 15 nitrogen and oxygen atoms in total. The number of para-hydroxylation sites is 2. The highest BCUT2D eigenvalue weighted by atomic mass is 32.2. The topological polar surface area (TPSA) is 198 Å². The third kappa shape index (κ3) is 8.53. The number of fused-ring (bicyclic) bond motifs is 5. The minimum absolute atomic E-state index is 0.135. The number of nitrogens with one attached hydrogen (secondary N) is 3. The van der Waals surface area contributed by atoms with Crippen LogP contribution in [0.4, 0.5) is 17.6 Å². The SMILES string of the molecule is CC(C)(C)[C@@H]1NC(O)O[C@@H]2CCC[C@H]2OC/C=C/C(F)(F)c2nc3ccccc3nc2O[C@]2(C)C[C@@H](C(=O)N[C@]3(C(=O)NS(=O)(=O)C4CC4)C[C@H]3C(F)F)N(C2)C1=O. The lowest BCUT2D eigenvalue weighted by Crippen LogP contribution is -2.61. The van der Waals surface area contributed by atoms with Crippen LogP contribution in [-0.4, -0.2) is 113 Å². The van der Waals surface area contributed by atoms with Crippen LogP contribution in [0.1, 0.15) is 78.3 Å². The zero-order valence-corrected chi connectivity index (χ0v) is 33.2. The summed E-state index contributed by atoms with van der Waals surface area (Å²) < 4.78 is 106. The van der Waals surface area contributed by atoms with Gasteiger partial charge in [0.05, 0.1) is 53.6 Å². The molecule has 58 heavy (non-hydrogen) atoms. The quantitative estimate of drug-likeness (QED) is 0.246. The third-order valence-electron chi connectivity index (χ3n) is 11.4. The number of allylic oxidation sites excluding steroid dienone is 1. The molecule has 0 spiro atoms. The van der Waals surface area contributed by atoms with Crippen molar-refractivity contribution in [1.82, 2.24) is 30.2 Å². The molecule has 0 radical (unpaired) electrons. The van der Waals surface area contributed by atoms with Crippen LogP contribution in [0.25, 0.3) is 11.0 Å². The number of aliphatic hydroxyl groups is 1. The molecule has 2 aromatic rings. The van der Waals surface area contributed by atoms with Gasteiger partial charge in [-0.2, -0.15) is 8.78 Å². The summed E-state index contributed by atoms with van der Waals surface area (Å²) in [6.45, 7) is 5.83. The van der Waals surface area contributed by atoms with Gasteiger partial charge in [0.25, 0.3) is 5.91 Å². The normalized spacial score (nSPS) is 33.7. The monoisotopic (exact) mass is 840 g/mol. The number of hydrogen-bond acceptors (Lipinski definition) is 12. The molecular weight excluding hydrogens is 793 g/mol. The number of aromatic nitrogens is 2. The number of ether oxygens (including phenoxy) is 3. The Morgan fingerprint density at radius 2 is 1.72 bits per heavy atom. The van der Waals surface area contributed by atoms with Crippen molar-refractivity contribution in [2.24, 2.45) is 11.3 Å². The largest absolute Gasteiger partial charge is 0.468 e. The van der Waals surface area contributed by atoms with Gasteiger partial charge in [-0.05, 0) is 69.1 Å². The van der Waals surface area contributed by atoms with Gasteiger partial charge in [-0.3, -0.25) is 24.4 Å². The number of hydrogen-bond donors (Lipinski definition) is 4. The lowest BCUT2D eigenvalue weighted by Gasteiger charge is -2.37. The third-order valence-corrected chi connectivity index (χ3v) is 13.2. The number of carbonyl (C=O) groups is 3. The Morgan fingerprint density at radius 1 is 1.05 bits per heavy atom. The summed E-state index contributed by atoms with van der Waals surface area (Å²) in [4.78, 5) is 52.3. The summed E-state index contributed by atoms with van der Waals surface area (Å²) >= 11 is 0. The van der Waals surface area contributed by atoms with Gasteiger partial charge < -0.3 is 29.5 Å². The zero-order chi connectivity index (χ0) is 42.0. The molecule has 4 fully saturated rings. The molecule has 1 aromatic carbocycles. The van der Waals surface area contributed by atoms with Crippen LogP contribution >= 0.6 is 0 Å². The number of aliphatic hydroxyl groups excluding tert-OH is 1. The minimum atomic E-state index is -4.21. The molecule has 3 saturated carbocycles. The molecule has 7 rings (SSSR count). The van der Waals surface area contributed by atoms with E-state index in [0.717, 1.165) is 11.0 Å². The molecule has 5 aliphatic rings. The number of sulfonamides is 1. The summed E-state index contributed by atoms with van der Waals surface area (Å²) in [5.41, 5.74) is -5.51. The first-order chi connectivity index (χ1) is 27.1. The Kier molecular flexibility index (Phi) is 11.1. The fraction of sp³-hybridized carbons (Fsp3) is 0.658. The Balaban J connectivity index is 1.28. The van der Waals surface area contributed by atoms with E-state index in [1.54, 1.807) is 32.9 Å².